The van der Waals surface area contributed by atoms with Gasteiger partial charge in [-0.05, 0) is 31.5 Å². The molecule has 0 aliphatic carbocycles. The van der Waals surface area contributed by atoms with Crippen LogP contribution >= 0.6 is 0 Å². The molecule has 2 N–H and O–H groups in total. The van der Waals surface area contributed by atoms with E-state index in [1.165, 1.54) is 11.8 Å². The molecular weight excluding hydrogens is 398 g/mol. The Morgan fingerprint density at radius 3 is 2.61 bits per heavy atom. The number of nitrogens with zero attached hydrogens (tertiary/aromatic N) is 1. The van der Waals surface area contributed by atoms with E-state index in [0.29, 0.717) is 22.5 Å². The van der Waals surface area contributed by atoms with E-state index in [4.69, 9.17) is 4.74 Å². The number of ketones is 1. The molecule has 0 saturated heterocycles. The second kappa shape index (κ2) is 8.06. The van der Waals surface area contributed by atoms with Gasteiger partial charge in [-0.1, -0.05) is 42.0 Å². The van der Waals surface area contributed by atoms with Crippen molar-refractivity contribution in [3.63, 3.8) is 0 Å². The van der Waals surface area contributed by atoms with Gasteiger partial charge in [0, 0.05) is 11.3 Å². The van der Waals surface area contributed by atoms with E-state index in [2.05, 4.69) is 10.6 Å². The van der Waals surface area contributed by atoms with Crippen LogP contribution in [-0.4, -0.2) is 41.7 Å². The van der Waals surface area contributed by atoms with Crippen LogP contribution in [0.5, 0.6) is 0 Å². The average Bonchev–Trinajstić information content (AvgIpc) is 3.12. The zero-order chi connectivity index (χ0) is 22.1. The second-order valence-corrected chi connectivity index (χ2v) is 7.50. The summed E-state index contributed by atoms with van der Waals surface area (Å²) >= 11 is 0. The zero-order valence-electron chi connectivity index (χ0n) is 17.1. The molecule has 0 aromatic heterocycles. The van der Waals surface area contributed by atoms with Gasteiger partial charge in [0.25, 0.3) is 0 Å². The van der Waals surface area contributed by atoms with Crippen LogP contribution in [0.25, 0.3) is 0 Å². The van der Waals surface area contributed by atoms with Crippen molar-refractivity contribution >= 4 is 29.4 Å². The molecule has 0 spiro atoms. The number of rotatable bonds is 5. The van der Waals surface area contributed by atoms with E-state index < -0.39 is 23.9 Å². The first-order valence-electron chi connectivity index (χ1n) is 9.79. The van der Waals surface area contributed by atoms with Gasteiger partial charge in [0.1, 0.15) is 13.2 Å². The van der Waals surface area contributed by atoms with E-state index in [0.717, 1.165) is 11.1 Å². The Morgan fingerprint density at radius 2 is 1.90 bits per heavy atom. The first-order valence-corrected chi connectivity index (χ1v) is 9.79. The van der Waals surface area contributed by atoms with E-state index in [-0.39, 0.29) is 18.9 Å². The van der Waals surface area contributed by atoms with Crippen molar-refractivity contribution in [2.24, 2.45) is 0 Å². The third-order valence-electron chi connectivity index (χ3n) is 5.26. The Kier molecular flexibility index (Phi) is 5.29. The maximum atomic E-state index is 12.8. The molecule has 2 heterocycles. The number of amides is 3. The average molecular weight is 419 g/mol. The van der Waals surface area contributed by atoms with Gasteiger partial charge >= 0.3 is 12.0 Å². The minimum absolute atomic E-state index is 0.0724. The Labute approximate surface area is 178 Å². The fourth-order valence-electron chi connectivity index (χ4n) is 3.65. The third kappa shape index (κ3) is 4.05. The summed E-state index contributed by atoms with van der Waals surface area (Å²) in [5.74, 6) is -1.10. The minimum atomic E-state index is -0.635. The molecular formula is C23H21N3O5. The number of ether oxygens (including phenoxy) is 1. The van der Waals surface area contributed by atoms with Crippen LogP contribution in [0, 0.1) is 6.92 Å². The predicted molar refractivity (Wildman–Crippen MR) is 112 cm³/mol. The summed E-state index contributed by atoms with van der Waals surface area (Å²) in [4.78, 5) is 50.6. The number of esters is 1. The molecule has 8 nitrogen and oxygen atoms in total. The number of Topliss-reactive ketones (excluding diaryl/α,β-unsaturated/α-hetero) is 1. The highest BCUT2D eigenvalue weighted by atomic mass is 16.5. The summed E-state index contributed by atoms with van der Waals surface area (Å²) in [6.45, 7) is 3.02. The Bertz CT molecular complexity index is 1120. The molecule has 8 heteroatoms. The molecule has 1 atom stereocenters. The van der Waals surface area contributed by atoms with Crippen LogP contribution in [0.3, 0.4) is 0 Å². The summed E-state index contributed by atoms with van der Waals surface area (Å²) in [5, 5.41) is 5.49. The van der Waals surface area contributed by atoms with Crippen LogP contribution in [0.1, 0.15) is 34.5 Å². The van der Waals surface area contributed by atoms with Gasteiger partial charge in [-0.25, -0.2) is 9.59 Å². The van der Waals surface area contributed by atoms with Crippen molar-refractivity contribution in [2.45, 2.75) is 19.9 Å². The molecule has 0 radical (unpaired) electrons. The van der Waals surface area contributed by atoms with Gasteiger partial charge in [0.2, 0.25) is 5.91 Å². The summed E-state index contributed by atoms with van der Waals surface area (Å²) in [5.41, 5.74) is 3.44. The van der Waals surface area contributed by atoms with E-state index >= 15 is 0 Å². The molecule has 31 heavy (non-hydrogen) atoms. The van der Waals surface area contributed by atoms with Gasteiger partial charge in [0.15, 0.2) is 5.78 Å². The molecule has 0 bridgehead atoms. The summed E-state index contributed by atoms with van der Waals surface area (Å²) in [6.07, 6.45) is 0. The van der Waals surface area contributed by atoms with E-state index in [9.17, 15) is 19.2 Å². The highest BCUT2D eigenvalue weighted by Gasteiger charge is 2.42. The molecule has 4 rings (SSSR count). The zero-order valence-corrected chi connectivity index (χ0v) is 17.1. The normalized spacial score (nSPS) is 17.7. The number of cyclic esters (lactones) is 1. The number of carbonyl (C=O) groups is 4. The molecule has 0 unspecified atom stereocenters. The topological polar surface area (TPSA) is 105 Å². The van der Waals surface area contributed by atoms with Gasteiger partial charge in [-0.2, -0.15) is 0 Å². The number of hydrogen-bond donors (Lipinski definition) is 2. The molecule has 2 aromatic carbocycles. The van der Waals surface area contributed by atoms with E-state index in [1.807, 2.05) is 31.2 Å². The van der Waals surface area contributed by atoms with Crippen molar-refractivity contribution in [3.05, 3.63) is 76.5 Å². The van der Waals surface area contributed by atoms with E-state index in [1.54, 1.807) is 24.3 Å². The maximum absolute atomic E-state index is 12.8. The summed E-state index contributed by atoms with van der Waals surface area (Å²) < 4.78 is 5.18. The van der Waals surface area contributed by atoms with Crippen molar-refractivity contribution in [3.8, 4) is 0 Å². The highest BCUT2D eigenvalue weighted by molar-refractivity contribution is 6.01. The van der Waals surface area contributed by atoms with Gasteiger partial charge in [-0.15, -0.1) is 0 Å². The number of carbonyl (C=O) groups excluding carboxylic acids is 4. The Morgan fingerprint density at radius 1 is 1.16 bits per heavy atom. The van der Waals surface area contributed by atoms with Gasteiger partial charge in [0.05, 0.1) is 17.3 Å². The molecule has 0 saturated carbocycles. The Balaban J connectivity index is 1.57. The first-order chi connectivity index (χ1) is 14.8. The number of urea groups is 1. The lowest BCUT2D eigenvalue weighted by molar-refractivity contribution is -0.136. The molecule has 2 aliphatic rings. The molecule has 158 valence electrons. The number of aryl methyl sites for hydroxylation is 1. The van der Waals surface area contributed by atoms with Crippen molar-refractivity contribution in [2.75, 3.05) is 18.5 Å². The third-order valence-corrected chi connectivity index (χ3v) is 5.26. The fourth-order valence-corrected chi connectivity index (χ4v) is 3.65. The molecule has 2 aromatic rings. The quantitative estimate of drug-likeness (QED) is 0.573. The van der Waals surface area contributed by atoms with Crippen molar-refractivity contribution in [1.29, 1.82) is 0 Å². The van der Waals surface area contributed by atoms with Gasteiger partial charge in [-0.3, -0.25) is 14.5 Å². The van der Waals surface area contributed by atoms with Crippen LogP contribution < -0.4 is 10.6 Å². The lowest BCUT2D eigenvalue weighted by Crippen LogP contribution is -2.49. The summed E-state index contributed by atoms with van der Waals surface area (Å²) in [6, 6.07) is 12.9. The monoisotopic (exact) mass is 419 g/mol. The second-order valence-electron chi connectivity index (χ2n) is 7.50. The molecule has 2 aliphatic heterocycles. The fraction of sp³-hybridized carbons (Fsp3) is 0.217. The number of anilines is 1. The summed E-state index contributed by atoms with van der Waals surface area (Å²) in [7, 11) is 0. The number of hydrogen-bond acceptors (Lipinski definition) is 5. The molecule has 0 fully saturated rings. The smallest absolute Gasteiger partial charge is 0.338 e. The number of nitrogens with one attached hydrogen (secondary N) is 2. The van der Waals surface area contributed by atoms with Crippen LogP contribution in [0.2, 0.25) is 0 Å². The standard InChI is InChI=1S/C23H21N3O5/c1-13-6-8-15(9-7-13)21-20-18(12-31-22(20)29)26(23(30)25-21)11-19(28)24-17-5-3-4-16(10-17)14(2)27/h3-10,21H,11-12H2,1-2H3,(H,24,28)(H,25,30)/t21-/m1/s1. The van der Waals surface area contributed by atoms with Crippen molar-refractivity contribution < 1.29 is 23.9 Å². The Hall–Kier alpha value is -3.94. The SMILES string of the molecule is CC(=O)c1cccc(NC(=O)CN2C(=O)N[C@H](c3ccc(C)cc3)C3=C2COC3=O)c1. The van der Waals surface area contributed by atoms with Crippen LogP contribution in [0.15, 0.2) is 59.8 Å². The highest BCUT2D eigenvalue weighted by Crippen LogP contribution is 2.35. The lowest BCUT2D eigenvalue weighted by atomic mass is 9.95. The molecule has 3 amide bonds. The van der Waals surface area contributed by atoms with Crippen LogP contribution in [-0.2, 0) is 14.3 Å². The predicted octanol–water partition coefficient (Wildman–Crippen LogP) is 2.71. The van der Waals surface area contributed by atoms with Gasteiger partial charge < -0.3 is 15.4 Å². The lowest BCUT2D eigenvalue weighted by Gasteiger charge is -2.32. The largest absolute Gasteiger partial charge is 0.456 e. The maximum Gasteiger partial charge on any atom is 0.338 e. The minimum Gasteiger partial charge on any atom is -0.456 e. The number of benzene rings is 2. The van der Waals surface area contributed by atoms with Crippen LogP contribution in [0.4, 0.5) is 10.5 Å². The first kappa shape index (κ1) is 20.3. The van der Waals surface area contributed by atoms with Crippen molar-refractivity contribution in [1.82, 2.24) is 10.2 Å².